The number of carboxylic acids is 2. The molecule has 0 aromatic heterocycles. The SMILES string of the molecule is C=COC(C)=O.NC(CCC(=O)NC(CS)C(=O)NCC(=O)O)C(=O)O. The van der Waals surface area contributed by atoms with E-state index in [1.54, 1.807) is 0 Å². The van der Waals surface area contributed by atoms with E-state index in [1.807, 2.05) is 0 Å². The van der Waals surface area contributed by atoms with E-state index in [2.05, 4.69) is 34.6 Å². The molecule has 2 unspecified atom stereocenters. The molecular weight excluding hydrogens is 370 g/mol. The number of esters is 1. The fourth-order valence-corrected chi connectivity index (χ4v) is 1.53. The second-order valence-corrected chi connectivity index (χ2v) is 5.04. The maximum atomic E-state index is 11.5. The summed E-state index contributed by atoms with van der Waals surface area (Å²) in [4.78, 5) is 53.5. The molecule has 2 atom stereocenters. The molecule has 2 amide bonds. The van der Waals surface area contributed by atoms with E-state index >= 15 is 0 Å². The van der Waals surface area contributed by atoms with Gasteiger partial charge in [0.05, 0.1) is 6.26 Å². The Labute approximate surface area is 155 Å². The van der Waals surface area contributed by atoms with Crippen molar-refractivity contribution in [2.24, 2.45) is 5.73 Å². The summed E-state index contributed by atoms with van der Waals surface area (Å²) in [7, 11) is 0. The monoisotopic (exact) mass is 393 g/mol. The van der Waals surface area contributed by atoms with Gasteiger partial charge in [-0.2, -0.15) is 12.6 Å². The summed E-state index contributed by atoms with van der Waals surface area (Å²) >= 11 is 3.87. The Morgan fingerprint density at radius 1 is 1.27 bits per heavy atom. The fraction of sp³-hybridized carbons (Fsp3) is 0.500. The summed E-state index contributed by atoms with van der Waals surface area (Å²) in [6.07, 6.45) is 0.865. The maximum Gasteiger partial charge on any atom is 0.322 e. The zero-order chi connectivity index (χ0) is 20.7. The molecule has 0 aromatic carbocycles. The molecule has 12 heteroatoms. The lowest BCUT2D eigenvalue weighted by Gasteiger charge is -2.16. The number of aliphatic carboxylic acids is 2. The fourth-order valence-electron chi connectivity index (χ4n) is 1.27. The summed E-state index contributed by atoms with van der Waals surface area (Å²) in [5.74, 6) is -4.03. The van der Waals surface area contributed by atoms with Gasteiger partial charge in [0.15, 0.2) is 0 Å². The molecule has 26 heavy (non-hydrogen) atoms. The molecule has 148 valence electrons. The van der Waals surface area contributed by atoms with Gasteiger partial charge in [0.25, 0.3) is 0 Å². The predicted molar refractivity (Wildman–Crippen MR) is 93.2 cm³/mol. The van der Waals surface area contributed by atoms with Crippen molar-refractivity contribution < 1.29 is 38.9 Å². The number of ether oxygens (including phenoxy) is 1. The number of hydrogen-bond acceptors (Lipinski definition) is 8. The van der Waals surface area contributed by atoms with Gasteiger partial charge in [0, 0.05) is 19.1 Å². The number of carboxylic acid groups (broad SMARTS) is 2. The van der Waals surface area contributed by atoms with Crippen LogP contribution in [-0.2, 0) is 28.7 Å². The minimum atomic E-state index is -1.22. The van der Waals surface area contributed by atoms with E-state index < -0.39 is 42.4 Å². The average Bonchev–Trinajstić information content (AvgIpc) is 2.55. The van der Waals surface area contributed by atoms with E-state index in [-0.39, 0.29) is 24.6 Å². The normalized spacial score (nSPS) is 11.7. The lowest BCUT2D eigenvalue weighted by atomic mass is 10.1. The summed E-state index contributed by atoms with van der Waals surface area (Å²) in [5.41, 5.74) is 5.23. The van der Waals surface area contributed by atoms with E-state index in [4.69, 9.17) is 15.9 Å². The number of rotatable bonds is 10. The number of thiol groups is 1. The number of nitrogens with two attached hydrogens (primary N) is 1. The molecule has 0 aliphatic heterocycles. The average molecular weight is 393 g/mol. The minimum absolute atomic E-state index is 0.0256. The molecule has 0 aliphatic carbocycles. The molecule has 0 radical (unpaired) electrons. The molecule has 0 rings (SSSR count). The van der Waals surface area contributed by atoms with E-state index in [1.165, 1.54) is 6.92 Å². The Kier molecular flexibility index (Phi) is 14.5. The number of amides is 2. The maximum absolute atomic E-state index is 11.5. The van der Waals surface area contributed by atoms with E-state index in [0.29, 0.717) is 0 Å². The zero-order valence-electron chi connectivity index (χ0n) is 14.1. The summed E-state index contributed by atoms with van der Waals surface area (Å²) in [6, 6.07) is -2.15. The molecule has 0 aliphatic rings. The van der Waals surface area contributed by atoms with Crippen LogP contribution < -0.4 is 16.4 Å². The summed E-state index contributed by atoms with van der Waals surface area (Å²) in [6.45, 7) is 3.91. The van der Waals surface area contributed by atoms with Crippen molar-refractivity contribution in [2.45, 2.75) is 31.8 Å². The van der Waals surface area contributed by atoms with Gasteiger partial charge in [-0.1, -0.05) is 6.58 Å². The highest BCUT2D eigenvalue weighted by molar-refractivity contribution is 7.80. The van der Waals surface area contributed by atoms with Crippen LogP contribution in [0.2, 0.25) is 0 Å². The van der Waals surface area contributed by atoms with Gasteiger partial charge in [0.1, 0.15) is 18.6 Å². The molecule has 11 nitrogen and oxygen atoms in total. The van der Waals surface area contributed by atoms with Gasteiger partial charge in [-0.3, -0.25) is 24.0 Å². The van der Waals surface area contributed by atoms with Crippen LogP contribution >= 0.6 is 12.6 Å². The van der Waals surface area contributed by atoms with Gasteiger partial charge >= 0.3 is 17.9 Å². The quantitative estimate of drug-likeness (QED) is 0.146. The lowest BCUT2D eigenvalue weighted by Crippen LogP contribution is -2.49. The number of carbonyl (C=O) groups excluding carboxylic acids is 3. The largest absolute Gasteiger partial charge is 0.480 e. The number of nitrogens with one attached hydrogen (secondary N) is 2. The molecule has 0 spiro atoms. The van der Waals surface area contributed by atoms with Crippen LogP contribution in [0.25, 0.3) is 0 Å². The van der Waals surface area contributed by atoms with Crippen LogP contribution in [0.3, 0.4) is 0 Å². The standard InChI is InChI=1S/C10H17N3O6S.C4H6O2/c11-5(10(18)19)1-2-7(14)13-6(4-20)9(17)12-3-8(15)16;1-3-6-4(2)5/h5-6,20H,1-4,11H2,(H,12,17)(H,13,14)(H,15,16)(H,18,19);3H,1H2,2H3. The lowest BCUT2D eigenvalue weighted by molar-refractivity contribution is -0.139. The molecule has 0 saturated carbocycles. The number of carbonyl (C=O) groups is 5. The molecule has 0 bridgehead atoms. The van der Waals surface area contributed by atoms with Crippen molar-refractivity contribution >= 4 is 42.4 Å². The first-order valence-electron chi connectivity index (χ1n) is 7.21. The van der Waals surface area contributed by atoms with E-state index in [0.717, 1.165) is 6.26 Å². The first-order chi connectivity index (χ1) is 12.0. The van der Waals surface area contributed by atoms with Gasteiger partial charge < -0.3 is 31.3 Å². The van der Waals surface area contributed by atoms with Crippen molar-refractivity contribution in [3.8, 4) is 0 Å². The number of hydrogen-bond donors (Lipinski definition) is 6. The van der Waals surface area contributed by atoms with Gasteiger partial charge in [-0.05, 0) is 6.42 Å². The van der Waals surface area contributed by atoms with Crippen LogP contribution in [0.15, 0.2) is 12.8 Å². The van der Waals surface area contributed by atoms with Crippen LogP contribution in [0.4, 0.5) is 0 Å². The van der Waals surface area contributed by atoms with Gasteiger partial charge in [-0.25, -0.2) is 0 Å². The second kappa shape index (κ2) is 14.7. The minimum Gasteiger partial charge on any atom is -0.480 e. The summed E-state index contributed by atoms with van der Waals surface area (Å²) < 4.78 is 4.17. The van der Waals surface area contributed by atoms with Crippen molar-refractivity contribution in [3.63, 3.8) is 0 Å². The highest BCUT2D eigenvalue weighted by Crippen LogP contribution is 1.97. The Balaban J connectivity index is 0. The predicted octanol–water partition coefficient (Wildman–Crippen LogP) is -1.51. The van der Waals surface area contributed by atoms with Crippen LogP contribution in [0.5, 0.6) is 0 Å². The van der Waals surface area contributed by atoms with Crippen molar-refractivity contribution in [1.29, 1.82) is 0 Å². The first kappa shape index (κ1) is 25.6. The first-order valence-corrected chi connectivity index (χ1v) is 7.84. The third-order valence-electron chi connectivity index (χ3n) is 2.50. The second-order valence-electron chi connectivity index (χ2n) is 4.67. The van der Waals surface area contributed by atoms with Crippen molar-refractivity contribution in [2.75, 3.05) is 12.3 Å². The molecule has 0 aromatic rings. The third-order valence-corrected chi connectivity index (χ3v) is 2.86. The van der Waals surface area contributed by atoms with Crippen LogP contribution in [-0.4, -0.2) is 64.3 Å². The Morgan fingerprint density at radius 2 is 1.85 bits per heavy atom. The van der Waals surface area contributed by atoms with Crippen molar-refractivity contribution in [1.82, 2.24) is 10.6 Å². The van der Waals surface area contributed by atoms with Crippen LogP contribution in [0, 0.1) is 0 Å². The van der Waals surface area contributed by atoms with E-state index in [9.17, 15) is 24.0 Å². The van der Waals surface area contributed by atoms with Gasteiger partial charge in [-0.15, -0.1) is 0 Å². The Bertz CT molecular complexity index is 526. The highest BCUT2D eigenvalue weighted by atomic mass is 32.1. The summed E-state index contributed by atoms with van der Waals surface area (Å²) in [5, 5.41) is 21.4. The Hall–Kier alpha value is -2.60. The molecule has 0 heterocycles. The van der Waals surface area contributed by atoms with Crippen LogP contribution in [0.1, 0.15) is 19.8 Å². The molecule has 6 N–H and O–H groups in total. The molecule has 0 fully saturated rings. The van der Waals surface area contributed by atoms with Gasteiger partial charge in [0.2, 0.25) is 11.8 Å². The Morgan fingerprint density at radius 3 is 2.19 bits per heavy atom. The smallest absolute Gasteiger partial charge is 0.322 e. The molecule has 0 saturated heterocycles. The highest BCUT2D eigenvalue weighted by Gasteiger charge is 2.20. The zero-order valence-corrected chi connectivity index (χ0v) is 15.0. The molecular formula is C14H23N3O8S. The van der Waals surface area contributed by atoms with Crippen molar-refractivity contribution in [3.05, 3.63) is 12.8 Å². The third kappa shape index (κ3) is 15.0. The topological polar surface area (TPSA) is 185 Å².